The molecule has 0 unspecified atom stereocenters. The highest BCUT2D eigenvalue weighted by atomic mass is 16.4. The number of aromatic nitrogens is 2. The van der Waals surface area contributed by atoms with Crippen LogP contribution in [-0.2, 0) is 11.2 Å². The van der Waals surface area contributed by atoms with E-state index in [4.69, 9.17) is 5.11 Å². The van der Waals surface area contributed by atoms with Gasteiger partial charge in [0.25, 0.3) is 0 Å². The van der Waals surface area contributed by atoms with Crippen LogP contribution in [0.4, 0.5) is 0 Å². The number of hydrogen-bond acceptors (Lipinski definition) is 4. The standard InChI is InChI=1S/C14H15N3O3/c18-13(10-4-2-1-3-5-10)8-16-12(14(19)20)6-11-7-15-9-17-11/h1-5,7,9,12,16H,6,8H2,(H,15,17)(H,19,20)/t12-/m0/s1. The number of aromatic amines is 1. The molecule has 0 radical (unpaired) electrons. The molecule has 0 aliphatic heterocycles. The quantitative estimate of drug-likeness (QED) is 0.651. The van der Waals surface area contributed by atoms with Crippen LogP contribution in [0, 0.1) is 0 Å². The second-order valence-corrected chi connectivity index (χ2v) is 4.34. The van der Waals surface area contributed by atoms with Crippen molar-refractivity contribution in [3.8, 4) is 0 Å². The van der Waals surface area contributed by atoms with Gasteiger partial charge >= 0.3 is 5.97 Å². The number of carbonyl (C=O) groups is 2. The minimum absolute atomic E-state index is 0.0187. The average Bonchev–Trinajstić information content (AvgIpc) is 2.96. The molecule has 0 spiro atoms. The zero-order chi connectivity index (χ0) is 14.4. The highest BCUT2D eigenvalue weighted by molar-refractivity contribution is 5.97. The zero-order valence-electron chi connectivity index (χ0n) is 10.7. The van der Waals surface area contributed by atoms with E-state index in [9.17, 15) is 9.59 Å². The van der Waals surface area contributed by atoms with Crippen LogP contribution in [0.3, 0.4) is 0 Å². The first kappa shape index (κ1) is 14.0. The lowest BCUT2D eigenvalue weighted by Crippen LogP contribution is -2.41. The molecule has 3 N–H and O–H groups in total. The molecule has 104 valence electrons. The smallest absolute Gasteiger partial charge is 0.321 e. The summed E-state index contributed by atoms with van der Waals surface area (Å²) in [5.74, 6) is -1.14. The average molecular weight is 273 g/mol. The molecule has 2 rings (SSSR count). The molecule has 0 bridgehead atoms. The van der Waals surface area contributed by atoms with E-state index in [1.165, 1.54) is 6.33 Å². The Morgan fingerprint density at radius 3 is 2.65 bits per heavy atom. The lowest BCUT2D eigenvalue weighted by atomic mass is 10.1. The normalized spacial score (nSPS) is 12.0. The van der Waals surface area contributed by atoms with Gasteiger partial charge in [-0.2, -0.15) is 0 Å². The summed E-state index contributed by atoms with van der Waals surface area (Å²) < 4.78 is 0. The first-order valence-corrected chi connectivity index (χ1v) is 6.18. The Morgan fingerprint density at radius 1 is 1.30 bits per heavy atom. The molecule has 0 aliphatic rings. The summed E-state index contributed by atoms with van der Waals surface area (Å²) in [4.78, 5) is 29.7. The highest BCUT2D eigenvalue weighted by Crippen LogP contribution is 2.02. The van der Waals surface area contributed by atoms with E-state index >= 15 is 0 Å². The van der Waals surface area contributed by atoms with Gasteiger partial charge < -0.3 is 10.1 Å². The molecule has 1 atom stereocenters. The minimum atomic E-state index is -1.000. The molecule has 1 aromatic carbocycles. The van der Waals surface area contributed by atoms with Crippen molar-refractivity contribution in [1.82, 2.24) is 15.3 Å². The summed E-state index contributed by atoms with van der Waals surface area (Å²) in [7, 11) is 0. The van der Waals surface area contributed by atoms with Crippen LogP contribution < -0.4 is 5.32 Å². The first-order valence-electron chi connectivity index (χ1n) is 6.18. The van der Waals surface area contributed by atoms with Gasteiger partial charge in [0, 0.05) is 23.9 Å². The number of carboxylic acid groups (broad SMARTS) is 1. The van der Waals surface area contributed by atoms with Crippen molar-refractivity contribution in [3.63, 3.8) is 0 Å². The number of nitrogens with zero attached hydrogens (tertiary/aromatic N) is 1. The highest BCUT2D eigenvalue weighted by Gasteiger charge is 2.19. The van der Waals surface area contributed by atoms with Crippen molar-refractivity contribution in [3.05, 3.63) is 54.1 Å². The molecule has 0 saturated carbocycles. The molecule has 6 nitrogen and oxygen atoms in total. The van der Waals surface area contributed by atoms with Crippen LogP contribution in [0.2, 0.25) is 0 Å². The minimum Gasteiger partial charge on any atom is -0.480 e. The van der Waals surface area contributed by atoms with Crippen molar-refractivity contribution in [2.75, 3.05) is 6.54 Å². The number of rotatable bonds is 7. The summed E-state index contributed by atoms with van der Waals surface area (Å²) in [5.41, 5.74) is 1.27. The fourth-order valence-corrected chi connectivity index (χ4v) is 1.81. The van der Waals surface area contributed by atoms with E-state index in [0.29, 0.717) is 11.3 Å². The van der Waals surface area contributed by atoms with Crippen LogP contribution >= 0.6 is 0 Å². The molecule has 2 aromatic rings. The Bertz CT molecular complexity index is 567. The van der Waals surface area contributed by atoms with Gasteiger partial charge in [0.15, 0.2) is 5.78 Å². The fraction of sp³-hybridized carbons (Fsp3) is 0.214. The number of ketones is 1. The third-order valence-corrected chi connectivity index (χ3v) is 2.88. The molecular weight excluding hydrogens is 258 g/mol. The predicted octanol–water partition coefficient (Wildman–Crippen LogP) is 0.878. The van der Waals surface area contributed by atoms with Gasteiger partial charge in [-0.1, -0.05) is 30.3 Å². The number of Topliss-reactive ketones (excluding diaryl/α,β-unsaturated/α-hetero) is 1. The van der Waals surface area contributed by atoms with Crippen molar-refractivity contribution >= 4 is 11.8 Å². The molecular formula is C14H15N3O3. The number of hydrogen-bond donors (Lipinski definition) is 3. The maximum absolute atomic E-state index is 11.9. The Hall–Kier alpha value is -2.47. The number of carboxylic acids is 1. The van der Waals surface area contributed by atoms with Gasteiger partial charge in [-0.15, -0.1) is 0 Å². The van der Waals surface area contributed by atoms with E-state index < -0.39 is 12.0 Å². The molecule has 1 aromatic heterocycles. The fourth-order valence-electron chi connectivity index (χ4n) is 1.81. The Morgan fingerprint density at radius 2 is 2.05 bits per heavy atom. The molecule has 6 heteroatoms. The summed E-state index contributed by atoms with van der Waals surface area (Å²) in [5, 5.41) is 11.9. The SMILES string of the molecule is O=C(CN[C@@H](Cc1cnc[nH]1)C(=O)O)c1ccccc1. The lowest BCUT2D eigenvalue weighted by molar-refractivity contribution is -0.139. The van der Waals surface area contributed by atoms with Gasteiger partial charge in [-0.05, 0) is 0 Å². The van der Waals surface area contributed by atoms with E-state index in [1.54, 1.807) is 30.5 Å². The Labute approximate surface area is 115 Å². The summed E-state index contributed by atoms with van der Waals surface area (Å²) in [6.07, 6.45) is 3.30. The van der Waals surface area contributed by atoms with Gasteiger partial charge in [0.2, 0.25) is 0 Å². The van der Waals surface area contributed by atoms with Crippen molar-refractivity contribution in [2.45, 2.75) is 12.5 Å². The summed E-state index contributed by atoms with van der Waals surface area (Å²) in [6, 6.07) is 7.94. The monoisotopic (exact) mass is 273 g/mol. The summed E-state index contributed by atoms with van der Waals surface area (Å²) >= 11 is 0. The molecule has 0 saturated heterocycles. The number of nitrogens with one attached hydrogen (secondary N) is 2. The second kappa shape index (κ2) is 6.63. The van der Waals surface area contributed by atoms with Crippen molar-refractivity contribution in [1.29, 1.82) is 0 Å². The number of aliphatic carboxylic acids is 1. The van der Waals surface area contributed by atoms with Crippen LogP contribution in [0.15, 0.2) is 42.9 Å². The van der Waals surface area contributed by atoms with E-state index in [-0.39, 0.29) is 18.7 Å². The largest absolute Gasteiger partial charge is 0.480 e. The van der Waals surface area contributed by atoms with Gasteiger partial charge in [0.1, 0.15) is 6.04 Å². The number of imidazole rings is 1. The van der Waals surface area contributed by atoms with E-state index in [0.717, 1.165) is 0 Å². The number of carbonyl (C=O) groups excluding carboxylic acids is 1. The van der Waals surface area contributed by atoms with Gasteiger partial charge in [-0.3, -0.25) is 14.9 Å². The van der Waals surface area contributed by atoms with Gasteiger partial charge in [-0.25, -0.2) is 4.98 Å². The number of benzene rings is 1. The molecule has 0 amide bonds. The topological polar surface area (TPSA) is 95.1 Å². The molecule has 0 aliphatic carbocycles. The maximum atomic E-state index is 11.9. The molecule has 1 heterocycles. The maximum Gasteiger partial charge on any atom is 0.321 e. The van der Waals surface area contributed by atoms with Gasteiger partial charge in [0.05, 0.1) is 12.9 Å². The summed E-state index contributed by atoms with van der Waals surface area (Å²) in [6.45, 7) is -0.0187. The second-order valence-electron chi connectivity index (χ2n) is 4.34. The van der Waals surface area contributed by atoms with E-state index in [1.807, 2.05) is 6.07 Å². The predicted molar refractivity (Wildman–Crippen MR) is 72.5 cm³/mol. The molecule has 20 heavy (non-hydrogen) atoms. The van der Waals surface area contributed by atoms with Crippen LogP contribution in [0.25, 0.3) is 0 Å². The Balaban J connectivity index is 1.92. The number of H-pyrrole nitrogens is 1. The lowest BCUT2D eigenvalue weighted by Gasteiger charge is -2.12. The van der Waals surface area contributed by atoms with Crippen molar-refractivity contribution in [2.24, 2.45) is 0 Å². The molecule has 0 fully saturated rings. The van der Waals surface area contributed by atoms with Crippen LogP contribution in [-0.4, -0.2) is 39.4 Å². The zero-order valence-corrected chi connectivity index (χ0v) is 10.7. The van der Waals surface area contributed by atoms with Crippen LogP contribution in [0.5, 0.6) is 0 Å². The van der Waals surface area contributed by atoms with E-state index in [2.05, 4.69) is 15.3 Å². The third kappa shape index (κ3) is 3.76. The van der Waals surface area contributed by atoms with Crippen LogP contribution in [0.1, 0.15) is 16.1 Å². The first-order chi connectivity index (χ1) is 9.66. The van der Waals surface area contributed by atoms with Crippen molar-refractivity contribution < 1.29 is 14.7 Å². The third-order valence-electron chi connectivity index (χ3n) is 2.88. The Kier molecular flexibility index (Phi) is 4.62.